The minimum atomic E-state index is -0.720. The van der Waals surface area contributed by atoms with Gasteiger partial charge in [0.05, 0.1) is 5.60 Å². The zero-order valence-electron chi connectivity index (χ0n) is 9.80. The maximum Gasteiger partial charge on any atom is 0.0718 e. The van der Waals surface area contributed by atoms with Crippen LogP contribution in [0.3, 0.4) is 0 Å². The fourth-order valence-corrected chi connectivity index (χ4v) is 2.19. The molecule has 1 rings (SSSR count). The molecule has 0 saturated heterocycles. The first kappa shape index (κ1) is 13.8. The van der Waals surface area contributed by atoms with Crippen molar-refractivity contribution in [2.24, 2.45) is 0 Å². The Hall–Kier alpha value is -0.280. The van der Waals surface area contributed by atoms with Gasteiger partial charge in [0.15, 0.2) is 0 Å². The number of benzene rings is 1. The zero-order valence-corrected chi connectivity index (χ0v) is 11.3. The van der Waals surface area contributed by atoms with E-state index < -0.39 is 5.60 Å². The number of hydrogen-bond acceptors (Lipinski definition) is 2. The van der Waals surface area contributed by atoms with E-state index in [9.17, 15) is 5.11 Å². The summed E-state index contributed by atoms with van der Waals surface area (Å²) in [6.07, 6.45) is 0. The van der Waals surface area contributed by atoms with Gasteiger partial charge in [0.1, 0.15) is 0 Å². The van der Waals surface area contributed by atoms with Crippen molar-refractivity contribution in [2.45, 2.75) is 26.0 Å². The van der Waals surface area contributed by atoms with Gasteiger partial charge in [0.25, 0.3) is 0 Å². The highest BCUT2D eigenvalue weighted by Crippen LogP contribution is 2.25. The Kier molecular flexibility index (Phi) is 4.62. The summed E-state index contributed by atoms with van der Waals surface area (Å²) in [5, 5.41) is 11.0. The van der Waals surface area contributed by atoms with E-state index in [0.29, 0.717) is 23.1 Å². The third-order valence-corrected chi connectivity index (χ3v) is 2.85. The van der Waals surface area contributed by atoms with Gasteiger partial charge in [-0.05, 0) is 33.0 Å². The lowest BCUT2D eigenvalue weighted by molar-refractivity contribution is 0.0425. The average molecular weight is 262 g/mol. The van der Waals surface area contributed by atoms with Gasteiger partial charge in [-0.15, -0.1) is 0 Å². The smallest absolute Gasteiger partial charge is 0.0718 e. The summed E-state index contributed by atoms with van der Waals surface area (Å²) >= 11 is 12.1. The number of rotatable bonds is 4. The van der Waals surface area contributed by atoms with E-state index in [0.717, 1.165) is 5.56 Å². The highest BCUT2D eigenvalue weighted by atomic mass is 35.5. The zero-order chi connectivity index (χ0) is 12.3. The standard InChI is InChI=1S/C12H17Cl2NO/c1-12(2,16)8-15(3)7-9-10(13)5-4-6-11(9)14/h4-6,16H,7-8H2,1-3H3. The molecule has 1 aromatic carbocycles. The Bertz CT molecular complexity index is 340. The molecule has 0 fully saturated rings. The van der Waals surface area contributed by atoms with Crippen LogP contribution in [0.15, 0.2) is 18.2 Å². The molecule has 0 amide bonds. The van der Waals surface area contributed by atoms with Crippen LogP contribution in [0, 0.1) is 0 Å². The summed E-state index contributed by atoms with van der Waals surface area (Å²) in [6, 6.07) is 5.46. The molecule has 0 aromatic heterocycles. The molecule has 0 aliphatic heterocycles. The number of hydrogen-bond donors (Lipinski definition) is 1. The Balaban J connectivity index is 2.73. The fraction of sp³-hybridized carbons (Fsp3) is 0.500. The number of likely N-dealkylation sites (N-methyl/N-ethyl adjacent to an activating group) is 1. The van der Waals surface area contributed by atoms with E-state index in [4.69, 9.17) is 23.2 Å². The van der Waals surface area contributed by atoms with Crippen molar-refractivity contribution in [1.29, 1.82) is 0 Å². The largest absolute Gasteiger partial charge is 0.389 e. The minimum absolute atomic E-state index is 0.564. The molecule has 4 heteroatoms. The molecule has 0 radical (unpaired) electrons. The molecule has 0 spiro atoms. The van der Waals surface area contributed by atoms with Crippen molar-refractivity contribution >= 4 is 23.2 Å². The molecule has 0 aliphatic rings. The predicted molar refractivity (Wildman–Crippen MR) is 69.1 cm³/mol. The third kappa shape index (κ3) is 4.30. The third-order valence-electron chi connectivity index (χ3n) is 2.15. The molecule has 90 valence electrons. The number of halogens is 2. The summed E-state index contributed by atoms with van der Waals surface area (Å²) in [5.74, 6) is 0. The van der Waals surface area contributed by atoms with Crippen LogP contribution in [-0.4, -0.2) is 29.2 Å². The van der Waals surface area contributed by atoms with E-state index >= 15 is 0 Å². The summed E-state index contributed by atoms with van der Waals surface area (Å²) in [6.45, 7) is 4.74. The first-order valence-electron chi connectivity index (χ1n) is 5.13. The normalized spacial score (nSPS) is 12.2. The van der Waals surface area contributed by atoms with Gasteiger partial charge in [-0.25, -0.2) is 0 Å². The van der Waals surface area contributed by atoms with Crippen LogP contribution in [0.25, 0.3) is 0 Å². The molecule has 0 aliphatic carbocycles. The fourth-order valence-electron chi connectivity index (χ4n) is 1.67. The van der Waals surface area contributed by atoms with Crippen molar-refractivity contribution in [1.82, 2.24) is 4.90 Å². The molecule has 16 heavy (non-hydrogen) atoms. The first-order valence-corrected chi connectivity index (χ1v) is 5.89. The van der Waals surface area contributed by atoms with Gasteiger partial charge < -0.3 is 5.11 Å². The topological polar surface area (TPSA) is 23.5 Å². The highest BCUT2D eigenvalue weighted by Gasteiger charge is 2.17. The summed E-state index contributed by atoms with van der Waals surface area (Å²) in [7, 11) is 1.93. The monoisotopic (exact) mass is 261 g/mol. The van der Waals surface area contributed by atoms with Crippen molar-refractivity contribution < 1.29 is 5.11 Å². The van der Waals surface area contributed by atoms with E-state index in [1.165, 1.54) is 0 Å². The van der Waals surface area contributed by atoms with Gasteiger partial charge in [-0.2, -0.15) is 0 Å². The van der Waals surface area contributed by atoms with Crippen molar-refractivity contribution in [2.75, 3.05) is 13.6 Å². The molecular weight excluding hydrogens is 245 g/mol. The van der Waals surface area contributed by atoms with E-state index in [1.807, 2.05) is 30.1 Å². The van der Waals surface area contributed by atoms with Crippen LogP contribution in [0.1, 0.15) is 19.4 Å². The molecule has 1 aromatic rings. The predicted octanol–water partition coefficient (Wildman–Crippen LogP) is 3.20. The van der Waals surface area contributed by atoms with Gasteiger partial charge in [0, 0.05) is 28.7 Å². The van der Waals surface area contributed by atoms with E-state index in [-0.39, 0.29) is 0 Å². The average Bonchev–Trinajstić information content (AvgIpc) is 2.08. The Labute approximate surface area is 107 Å². The Morgan fingerprint density at radius 1 is 1.25 bits per heavy atom. The SMILES string of the molecule is CN(Cc1c(Cl)cccc1Cl)CC(C)(C)O. The van der Waals surface area contributed by atoms with Crippen LogP contribution in [0.2, 0.25) is 10.0 Å². The second kappa shape index (κ2) is 5.37. The van der Waals surface area contributed by atoms with Crippen LogP contribution >= 0.6 is 23.2 Å². The molecule has 0 unspecified atom stereocenters. The van der Waals surface area contributed by atoms with E-state index in [1.54, 1.807) is 13.8 Å². The lowest BCUT2D eigenvalue weighted by Gasteiger charge is -2.26. The molecule has 0 bridgehead atoms. The molecule has 0 atom stereocenters. The second-order valence-corrected chi connectivity index (χ2v) is 5.50. The van der Waals surface area contributed by atoms with Crippen LogP contribution < -0.4 is 0 Å². The van der Waals surface area contributed by atoms with Crippen molar-refractivity contribution in [3.63, 3.8) is 0 Å². The van der Waals surface area contributed by atoms with Crippen LogP contribution in [0.5, 0.6) is 0 Å². The summed E-state index contributed by atoms with van der Waals surface area (Å²) < 4.78 is 0. The van der Waals surface area contributed by atoms with Gasteiger partial charge in [-0.3, -0.25) is 4.90 Å². The molecule has 2 nitrogen and oxygen atoms in total. The molecule has 0 heterocycles. The maximum absolute atomic E-state index is 9.70. The van der Waals surface area contributed by atoms with Crippen molar-refractivity contribution in [3.8, 4) is 0 Å². The minimum Gasteiger partial charge on any atom is -0.389 e. The lowest BCUT2D eigenvalue weighted by Crippen LogP contribution is -2.35. The summed E-state index contributed by atoms with van der Waals surface area (Å²) in [5.41, 5.74) is 0.181. The second-order valence-electron chi connectivity index (χ2n) is 4.68. The Morgan fingerprint density at radius 2 is 1.75 bits per heavy atom. The van der Waals surface area contributed by atoms with Gasteiger partial charge >= 0.3 is 0 Å². The quantitative estimate of drug-likeness (QED) is 0.900. The number of nitrogens with zero attached hydrogens (tertiary/aromatic N) is 1. The van der Waals surface area contributed by atoms with Crippen LogP contribution in [0.4, 0.5) is 0 Å². The molecular formula is C12H17Cl2NO. The maximum atomic E-state index is 9.70. The van der Waals surface area contributed by atoms with Crippen molar-refractivity contribution in [3.05, 3.63) is 33.8 Å². The van der Waals surface area contributed by atoms with Gasteiger partial charge in [0.2, 0.25) is 0 Å². The number of aliphatic hydroxyl groups is 1. The highest BCUT2D eigenvalue weighted by molar-refractivity contribution is 6.35. The first-order chi connectivity index (χ1) is 7.29. The molecule has 1 N–H and O–H groups in total. The Morgan fingerprint density at radius 3 is 2.19 bits per heavy atom. The summed E-state index contributed by atoms with van der Waals surface area (Å²) in [4.78, 5) is 1.99. The lowest BCUT2D eigenvalue weighted by atomic mass is 10.1. The van der Waals surface area contributed by atoms with Crippen LogP contribution in [-0.2, 0) is 6.54 Å². The van der Waals surface area contributed by atoms with Gasteiger partial charge in [-0.1, -0.05) is 29.3 Å². The van der Waals surface area contributed by atoms with E-state index in [2.05, 4.69) is 0 Å². The molecule has 0 saturated carbocycles.